The molecule has 1 aliphatic rings. The summed E-state index contributed by atoms with van der Waals surface area (Å²) >= 11 is 0. The van der Waals surface area contributed by atoms with Crippen LogP contribution < -0.4 is 9.64 Å². The van der Waals surface area contributed by atoms with Gasteiger partial charge in [-0.05, 0) is 44.5 Å². The maximum atomic E-state index is 10.8. The fraction of sp³-hybridized carbons (Fsp3) is 0.500. The maximum Gasteiger partial charge on any atom is 0.261 e. The van der Waals surface area contributed by atoms with Crippen molar-refractivity contribution in [1.29, 1.82) is 0 Å². The normalized spacial score (nSPS) is 27.6. The highest BCUT2D eigenvalue weighted by Crippen LogP contribution is 2.49. The summed E-state index contributed by atoms with van der Waals surface area (Å²) in [5.74, 6) is -0.447. The Morgan fingerprint density at radius 2 is 1.95 bits per heavy atom. The Labute approximate surface area is 120 Å². The van der Waals surface area contributed by atoms with Crippen molar-refractivity contribution in [3.63, 3.8) is 0 Å². The average molecular weight is 277 g/mol. The van der Waals surface area contributed by atoms with Crippen molar-refractivity contribution in [3.8, 4) is 5.75 Å². The van der Waals surface area contributed by atoms with Crippen molar-refractivity contribution in [2.75, 3.05) is 18.6 Å². The lowest BCUT2D eigenvalue weighted by Gasteiger charge is -2.56. The molecule has 0 aromatic heterocycles. The van der Waals surface area contributed by atoms with E-state index in [1.807, 2.05) is 49.1 Å². The fourth-order valence-electron chi connectivity index (χ4n) is 2.87. The molecule has 0 radical (unpaired) electrons. The summed E-state index contributed by atoms with van der Waals surface area (Å²) in [6, 6.07) is 7.62. The number of methoxy groups -OCH3 is 1. The van der Waals surface area contributed by atoms with E-state index in [1.165, 1.54) is 0 Å². The number of benzene rings is 1. The van der Waals surface area contributed by atoms with E-state index in [4.69, 9.17) is 9.47 Å². The van der Waals surface area contributed by atoms with Gasteiger partial charge in [0.2, 0.25) is 0 Å². The Balaban J connectivity index is 2.35. The van der Waals surface area contributed by atoms with Crippen LogP contribution in [0.2, 0.25) is 0 Å². The van der Waals surface area contributed by atoms with Crippen LogP contribution in [0, 0.1) is 5.92 Å². The molecule has 2 atom stereocenters. The molecule has 2 unspecified atom stereocenters. The van der Waals surface area contributed by atoms with Crippen LogP contribution in [0.5, 0.6) is 5.75 Å². The number of rotatable bonds is 5. The predicted octanol–water partition coefficient (Wildman–Crippen LogP) is 3.13. The molecule has 1 saturated heterocycles. The predicted molar refractivity (Wildman–Crippen MR) is 79.6 cm³/mol. The van der Waals surface area contributed by atoms with Crippen molar-refractivity contribution in [3.05, 3.63) is 36.0 Å². The fourth-order valence-corrected chi connectivity index (χ4v) is 2.87. The molecule has 1 aromatic rings. The van der Waals surface area contributed by atoms with E-state index in [-0.39, 0.29) is 5.92 Å². The molecule has 1 N–H and O–H groups in total. The van der Waals surface area contributed by atoms with E-state index in [9.17, 15) is 5.11 Å². The van der Waals surface area contributed by atoms with Gasteiger partial charge in [-0.2, -0.15) is 0 Å². The first-order chi connectivity index (χ1) is 9.62. The summed E-state index contributed by atoms with van der Waals surface area (Å²) in [4.78, 5) is 1.85. The molecule has 1 fully saturated rings. The van der Waals surface area contributed by atoms with Crippen LogP contribution >= 0.6 is 0 Å². The minimum atomic E-state index is -1.25. The third-order valence-electron chi connectivity index (χ3n) is 3.78. The van der Waals surface area contributed by atoms with Crippen molar-refractivity contribution < 1.29 is 14.6 Å². The topological polar surface area (TPSA) is 41.9 Å². The highest BCUT2D eigenvalue weighted by Gasteiger charge is 2.56. The molecule has 1 aromatic carbocycles. The molecule has 0 saturated carbocycles. The van der Waals surface area contributed by atoms with E-state index < -0.39 is 5.91 Å². The van der Waals surface area contributed by atoms with Crippen molar-refractivity contribution >= 4 is 5.69 Å². The van der Waals surface area contributed by atoms with Crippen molar-refractivity contribution in [2.24, 2.45) is 5.92 Å². The molecule has 1 aliphatic heterocycles. The highest BCUT2D eigenvalue weighted by molar-refractivity contribution is 5.61. The van der Waals surface area contributed by atoms with Gasteiger partial charge in [-0.1, -0.05) is 13.0 Å². The number of hydrogen-bond acceptors (Lipinski definition) is 4. The zero-order valence-corrected chi connectivity index (χ0v) is 12.6. The van der Waals surface area contributed by atoms with Crippen molar-refractivity contribution in [2.45, 2.75) is 33.1 Å². The Morgan fingerprint density at radius 1 is 1.30 bits per heavy atom. The average Bonchev–Trinajstić information content (AvgIpc) is 2.46. The van der Waals surface area contributed by atoms with Gasteiger partial charge in [-0.25, -0.2) is 0 Å². The SMILES string of the molecule is C/C=C1/C(CC)C(O)(OCC)N1c1ccc(OC)cc1. The number of aliphatic hydroxyl groups is 1. The van der Waals surface area contributed by atoms with E-state index in [0.717, 1.165) is 23.6 Å². The van der Waals surface area contributed by atoms with E-state index in [0.29, 0.717) is 6.61 Å². The van der Waals surface area contributed by atoms with E-state index in [2.05, 4.69) is 6.92 Å². The molecule has 1 heterocycles. The van der Waals surface area contributed by atoms with Gasteiger partial charge < -0.3 is 14.6 Å². The third-order valence-corrected chi connectivity index (χ3v) is 3.78. The van der Waals surface area contributed by atoms with E-state index in [1.54, 1.807) is 7.11 Å². The summed E-state index contributed by atoms with van der Waals surface area (Å²) < 4.78 is 10.8. The summed E-state index contributed by atoms with van der Waals surface area (Å²) in [7, 11) is 1.64. The number of hydrogen-bond donors (Lipinski definition) is 1. The lowest BCUT2D eigenvalue weighted by atomic mass is 9.85. The first kappa shape index (κ1) is 14.9. The molecule has 4 nitrogen and oxygen atoms in total. The van der Waals surface area contributed by atoms with Gasteiger partial charge in [0.15, 0.2) is 0 Å². The summed E-state index contributed by atoms with van der Waals surface area (Å²) in [6.07, 6.45) is 2.87. The number of nitrogens with zero attached hydrogens (tertiary/aromatic N) is 1. The monoisotopic (exact) mass is 277 g/mol. The van der Waals surface area contributed by atoms with Gasteiger partial charge in [-0.3, -0.25) is 4.90 Å². The van der Waals surface area contributed by atoms with Gasteiger partial charge in [0.05, 0.1) is 13.0 Å². The molecular formula is C16H23NO3. The molecule has 4 heteroatoms. The highest BCUT2D eigenvalue weighted by atomic mass is 16.7. The second-order valence-electron chi connectivity index (χ2n) is 4.80. The smallest absolute Gasteiger partial charge is 0.261 e. The van der Waals surface area contributed by atoms with Gasteiger partial charge in [0.25, 0.3) is 5.91 Å². The molecule has 20 heavy (non-hydrogen) atoms. The summed E-state index contributed by atoms with van der Waals surface area (Å²) in [5, 5.41) is 10.8. The molecule has 0 aliphatic carbocycles. The quantitative estimate of drug-likeness (QED) is 0.840. The standard InChI is InChI=1S/C16H23NO3/c1-5-14-15(6-2)17(16(14,18)20-7-3)12-8-10-13(19-4)11-9-12/h6,8-11,14,18H,5,7H2,1-4H3/b15-6-. The number of anilines is 1. The third kappa shape index (κ3) is 2.19. The van der Waals surface area contributed by atoms with Crippen LogP contribution in [0.15, 0.2) is 36.0 Å². The van der Waals surface area contributed by atoms with Crippen LogP contribution in [0.1, 0.15) is 27.2 Å². The number of ether oxygens (including phenoxy) is 2. The molecule has 0 bridgehead atoms. The van der Waals surface area contributed by atoms with Gasteiger partial charge in [0.1, 0.15) is 5.75 Å². The summed E-state index contributed by atoms with van der Waals surface area (Å²) in [6.45, 7) is 6.41. The Bertz CT molecular complexity index is 483. The van der Waals surface area contributed by atoms with Crippen LogP contribution in [0.3, 0.4) is 0 Å². The number of allylic oxidation sites excluding steroid dienone is 1. The Hall–Kier alpha value is -1.52. The molecule has 0 amide bonds. The van der Waals surface area contributed by atoms with Gasteiger partial charge in [-0.15, -0.1) is 0 Å². The van der Waals surface area contributed by atoms with Gasteiger partial charge in [0, 0.05) is 18.0 Å². The maximum absolute atomic E-state index is 10.8. The van der Waals surface area contributed by atoms with E-state index >= 15 is 0 Å². The second-order valence-corrected chi connectivity index (χ2v) is 4.80. The molecule has 110 valence electrons. The Morgan fingerprint density at radius 3 is 2.40 bits per heavy atom. The zero-order valence-electron chi connectivity index (χ0n) is 12.6. The zero-order chi connectivity index (χ0) is 14.8. The minimum Gasteiger partial charge on any atom is -0.497 e. The minimum absolute atomic E-state index is 0.00884. The van der Waals surface area contributed by atoms with Crippen LogP contribution in [0.4, 0.5) is 5.69 Å². The summed E-state index contributed by atoms with van der Waals surface area (Å²) in [5.41, 5.74) is 1.99. The van der Waals surface area contributed by atoms with Crippen LogP contribution in [-0.4, -0.2) is 24.7 Å². The lowest BCUT2D eigenvalue weighted by molar-refractivity contribution is -0.253. The van der Waals surface area contributed by atoms with Crippen LogP contribution in [0.25, 0.3) is 0 Å². The largest absolute Gasteiger partial charge is 0.497 e. The molecule has 2 rings (SSSR count). The van der Waals surface area contributed by atoms with Crippen molar-refractivity contribution in [1.82, 2.24) is 0 Å². The molecular weight excluding hydrogens is 254 g/mol. The lowest BCUT2D eigenvalue weighted by Crippen LogP contribution is -2.67. The van der Waals surface area contributed by atoms with Gasteiger partial charge >= 0.3 is 0 Å². The Kier molecular flexibility index (Phi) is 4.35. The molecule has 0 spiro atoms. The second kappa shape index (κ2) is 5.85. The first-order valence-corrected chi connectivity index (χ1v) is 7.09. The first-order valence-electron chi connectivity index (χ1n) is 7.09. The van der Waals surface area contributed by atoms with Crippen LogP contribution in [-0.2, 0) is 4.74 Å².